The topological polar surface area (TPSA) is 113 Å². The van der Waals surface area contributed by atoms with Gasteiger partial charge < -0.3 is 25.7 Å². The van der Waals surface area contributed by atoms with Gasteiger partial charge in [0.25, 0.3) is 5.56 Å². The van der Waals surface area contributed by atoms with Crippen LogP contribution in [0.5, 0.6) is 0 Å². The lowest BCUT2D eigenvalue weighted by atomic mass is 9.83. The number of piperidine rings is 1. The minimum absolute atomic E-state index is 0.0309. The Morgan fingerprint density at radius 2 is 1.91 bits per heavy atom. The summed E-state index contributed by atoms with van der Waals surface area (Å²) in [7, 11) is 1.95. The van der Waals surface area contributed by atoms with Crippen LogP contribution in [-0.2, 0) is 7.05 Å². The molecule has 32 heavy (non-hydrogen) atoms. The normalized spacial score (nSPS) is 20.5. The summed E-state index contributed by atoms with van der Waals surface area (Å²) in [5, 5.41) is 15.2. The molecular weight excluding hydrogens is 406 g/mol. The standard InChI is InChI=1S/C23H37N7O2/c1-13(2)14(3)30-12-16(20-19(22(30)31)21(24)26-25-20)17-11-18(28(6)27-17)29-9-7-15(8-10-29)23(4,5)32/h11-15,21,25-26,32H,7-10,24H2,1-6H3/t14-,21?/m0/s1. The van der Waals surface area contributed by atoms with Crippen molar-refractivity contribution in [2.45, 2.75) is 65.3 Å². The number of anilines is 2. The average molecular weight is 444 g/mol. The smallest absolute Gasteiger partial charge is 0.259 e. The van der Waals surface area contributed by atoms with E-state index in [9.17, 15) is 9.90 Å². The molecule has 4 heterocycles. The van der Waals surface area contributed by atoms with E-state index >= 15 is 0 Å². The molecule has 0 radical (unpaired) electrons. The number of aliphatic hydroxyl groups is 1. The van der Waals surface area contributed by atoms with Gasteiger partial charge in [0.1, 0.15) is 12.0 Å². The highest BCUT2D eigenvalue weighted by molar-refractivity contribution is 5.80. The second kappa shape index (κ2) is 8.20. The molecule has 2 aliphatic heterocycles. The van der Waals surface area contributed by atoms with Crippen LogP contribution in [0.25, 0.3) is 11.3 Å². The molecule has 4 rings (SSSR count). The van der Waals surface area contributed by atoms with E-state index in [0.29, 0.717) is 23.1 Å². The summed E-state index contributed by atoms with van der Waals surface area (Å²) in [6.45, 7) is 11.8. The van der Waals surface area contributed by atoms with Gasteiger partial charge in [0.2, 0.25) is 0 Å². The molecule has 0 aromatic carbocycles. The Morgan fingerprint density at radius 3 is 2.50 bits per heavy atom. The molecule has 0 aliphatic carbocycles. The maximum Gasteiger partial charge on any atom is 0.259 e. The summed E-state index contributed by atoms with van der Waals surface area (Å²) < 4.78 is 3.69. The summed E-state index contributed by atoms with van der Waals surface area (Å²) in [5.41, 5.74) is 14.5. The predicted molar refractivity (Wildman–Crippen MR) is 127 cm³/mol. The molecule has 1 fully saturated rings. The van der Waals surface area contributed by atoms with Gasteiger partial charge in [0, 0.05) is 44.0 Å². The van der Waals surface area contributed by atoms with Crippen molar-refractivity contribution in [3.05, 3.63) is 28.2 Å². The number of pyridine rings is 1. The lowest BCUT2D eigenvalue weighted by molar-refractivity contribution is 0.00642. The SMILES string of the molecule is CC(C)[C@H](C)n1cc(-c2cc(N3CCC(C(C)(C)O)CC3)n(C)n2)c2c(c1=O)C(N)NN2. The number of hydrogen-bond acceptors (Lipinski definition) is 7. The van der Waals surface area contributed by atoms with Gasteiger partial charge in [0.15, 0.2) is 0 Å². The zero-order valence-corrected chi connectivity index (χ0v) is 20.0. The summed E-state index contributed by atoms with van der Waals surface area (Å²) in [6, 6.07) is 2.11. The van der Waals surface area contributed by atoms with Gasteiger partial charge in [-0.15, -0.1) is 0 Å². The Balaban J connectivity index is 1.71. The highest BCUT2D eigenvalue weighted by Crippen LogP contribution is 2.37. The molecule has 2 aromatic heterocycles. The first-order valence-electron chi connectivity index (χ1n) is 11.6. The fourth-order valence-electron chi connectivity index (χ4n) is 4.82. The highest BCUT2D eigenvalue weighted by atomic mass is 16.3. The maximum atomic E-state index is 13.2. The molecule has 2 aliphatic rings. The summed E-state index contributed by atoms with van der Waals surface area (Å²) in [6.07, 6.45) is 3.23. The third-order valence-corrected chi connectivity index (χ3v) is 7.29. The van der Waals surface area contributed by atoms with Crippen molar-refractivity contribution in [2.75, 3.05) is 23.4 Å². The van der Waals surface area contributed by atoms with E-state index in [2.05, 4.69) is 42.6 Å². The number of fused-ring (bicyclic) bond motifs is 1. The van der Waals surface area contributed by atoms with Crippen molar-refractivity contribution in [3.8, 4) is 11.3 Å². The molecule has 1 unspecified atom stereocenters. The Bertz CT molecular complexity index is 1040. The number of rotatable bonds is 5. The molecule has 1 saturated heterocycles. The van der Waals surface area contributed by atoms with Gasteiger partial charge in [-0.1, -0.05) is 13.8 Å². The third-order valence-electron chi connectivity index (χ3n) is 7.29. The first kappa shape index (κ1) is 22.8. The number of hydrogen-bond donors (Lipinski definition) is 4. The van der Waals surface area contributed by atoms with Gasteiger partial charge in [-0.05, 0) is 45.4 Å². The number of nitrogens with two attached hydrogens (primary N) is 1. The molecular formula is C23H37N7O2. The second-order valence-electron chi connectivity index (χ2n) is 10.2. The zero-order chi connectivity index (χ0) is 23.4. The van der Waals surface area contributed by atoms with E-state index in [0.717, 1.165) is 43.0 Å². The Kier molecular flexibility index (Phi) is 5.85. The number of hydrazine groups is 1. The monoisotopic (exact) mass is 443 g/mol. The predicted octanol–water partition coefficient (Wildman–Crippen LogP) is 2.34. The molecule has 0 bridgehead atoms. The van der Waals surface area contributed by atoms with Crippen LogP contribution in [0.1, 0.15) is 65.2 Å². The maximum absolute atomic E-state index is 13.2. The van der Waals surface area contributed by atoms with Crippen LogP contribution in [0.15, 0.2) is 17.1 Å². The van der Waals surface area contributed by atoms with Crippen LogP contribution in [0.3, 0.4) is 0 Å². The van der Waals surface area contributed by atoms with Crippen molar-refractivity contribution in [2.24, 2.45) is 24.6 Å². The molecule has 176 valence electrons. The quantitative estimate of drug-likeness (QED) is 0.561. The van der Waals surface area contributed by atoms with Crippen LogP contribution >= 0.6 is 0 Å². The van der Waals surface area contributed by atoms with Gasteiger partial charge in [-0.25, -0.2) is 5.43 Å². The summed E-state index contributed by atoms with van der Waals surface area (Å²) >= 11 is 0. The fraction of sp³-hybridized carbons (Fsp3) is 0.652. The fourth-order valence-corrected chi connectivity index (χ4v) is 4.82. The van der Waals surface area contributed by atoms with Crippen molar-refractivity contribution in [1.82, 2.24) is 19.8 Å². The van der Waals surface area contributed by atoms with Crippen LogP contribution in [0.4, 0.5) is 11.5 Å². The Labute approximate surface area is 189 Å². The van der Waals surface area contributed by atoms with Crippen LogP contribution in [0.2, 0.25) is 0 Å². The number of aromatic nitrogens is 3. The molecule has 0 spiro atoms. The van der Waals surface area contributed by atoms with E-state index in [1.54, 1.807) is 4.57 Å². The van der Waals surface area contributed by atoms with E-state index in [4.69, 9.17) is 10.8 Å². The largest absolute Gasteiger partial charge is 0.390 e. The minimum Gasteiger partial charge on any atom is -0.390 e. The van der Waals surface area contributed by atoms with E-state index in [1.165, 1.54) is 0 Å². The van der Waals surface area contributed by atoms with Gasteiger partial charge in [0.05, 0.1) is 22.5 Å². The lowest BCUT2D eigenvalue weighted by Crippen LogP contribution is -2.42. The average Bonchev–Trinajstić information content (AvgIpc) is 3.30. The van der Waals surface area contributed by atoms with Gasteiger partial charge in [-0.2, -0.15) is 5.10 Å². The van der Waals surface area contributed by atoms with Crippen LogP contribution in [0, 0.1) is 11.8 Å². The third kappa shape index (κ3) is 3.93. The molecule has 9 nitrogen and oxygen atoms in total. The molecule has 0 amide bonds. The van der Waals surface area contributed by atoms with Crippen molar-refractivity contribution < 1.29 is 5.11 Å². The molecule has 2 atom stereocenters. The van der Waals surface area contributed by atoms with Gasteiger partial charge in [-0.3, -0.25) is 9.48 Å². The number of nitrogens with one attached hydrogen (secondary N) is 2. The summed E-state index contributed by atoms with van der Waals surface area (Å²) in [5.74, 6) is 1.63. The second-order valence-corrected chi connectivity index (χ2v) is 10.2. The van der Waals surface area contributed by atoms with E-state index in [1.807, 2.05) is 31.8 Å². The van der Waals surface area contributed by atoms with E-state index in [-0.39, 0.29) is 11.6 Å². The van der Waals surface area contributed by atoms with Crippen molar-refractivity contribution in [1.29, 1.82) is 0 Å². The Morgan fingerprint density at radius 1 is 1.25 bits per heavy atom. The first-order chi connectivity index (χ1) is 15.0. The van der Waals surface area contributed by atoms with Crippen molar-refractivity contribution >= 4 is 11.5 Å². The van der Waals surface area contributed by atoms with Crippen molar-refractivity contribution in [3.63, 3.8) is 0 Å². The van der Waals surface area contributed by atoms with Crippen LogP contribution < -0.4 is 27.0 Å². The molecule has 9 heteroatoms. The highest BCUT2D eigenvalue weighted by Gasteiger charge is 2.33. The Hall–Kier alpha value is -2.36. The number of aryl methyl sites for hydroxylation is 1. The molecule has 2 aromatic rings. The first-order valence-corrected chi connectivity index (χ1v) is 11.6. The zero-order valence-electron chi connectivity index (χ0n) is 20.0. The van der Waals surface area contributed by atoms with E-state index < -0.39 is 11.8 Å². The molecule has 0 saturated carbocycles. The lowest BCUT2D eigenvalue weighted by Gasteiger charge is -2.38. The minimum atomic E-state index is -0.650. The van der Waals surface area contributed by atoms with Gasteiger partial charge >= 0.3 is 0 Å². The molecule has 5 N–H and O–H groups in total. The van der Waals surface area contributed by atoms with Crippen LogP contribution in [-0.4, -0.2) is 38.1 Å². The summed E-state index contributed by atoms with van der Waals surface area (Å²) in [4.78, 5) is 15.5. The number of nitrogens with zero attached hydrogens (tertiary/aromatic N) is 4.